The first-order valence-electron chi connectivity index (χ1n) is 24.0. The maximum Gasteiger partial charge on any atom is 0.304 e. The van der Waals surface area contributed by atoms with Gasteiger partial charge < -0.3 is 19.3 Å². The van der Waals surface area contributed by atoms with E-state index in [0.717, 1.165) is 44.5 Å². The monoisotopic (exact) mass is 1110 g/mol. The third kappa shape index (κ3) is 27.5. The molecule has 0 unspecified atom stereocenters. The van der Waals surface area contributed by atoms with Crippen LogP contribution in [0.5, 0.6) is 5.75 Å². The number of carbonyl (C=O) groups is 1. The molecule has 0 bridgehead atoms. The van der Waals surface area contributed by atoms with Gasteiger partial charge in [0.05, 0.1) is 19.5 Å². The van der Waals surface area contributed by atoms with Crippen molar-refractivity contribution in [3.05, 3.63) is 127 Å². The third-order valence-electron chi connectivity index (χ3n) is 9.70. The fourth-order valence-electron chi connectivity index (χ4n) is 6.62. The van der Waals surface area contributed by atoms with Crippen LogP contribution in [0.15, 0.2) is 92.4 Å². The third-order valence-corrected chi connectivity index (χ3v) is 11.5. The molecule has 3 aromatic carbocycles. The topological polar surface area (TPSA) is 72.5 Å². The number of unbranched alkanes of at least 4 members (excludes halogenated alkanes) is 1. The van der Waals surface area contributed by atoms with Crippen LogP contribution in [0, 0.1) is 12.6 Å². The Hall–Kier alpha value is -4.06. The average molecular weight is 1110 g/mol. The van der Waals surface area contributed by atoms with Crippen LogP contribution in [0.1, 0.15) is 168 Å². The number of anilines is 3. The first-order valence-corrected chi connectivity index (χ1v) is 29.5. The Kier molecular flexibility index (Phi) is 34.7. The number of benzene rings is 3. The molecule has 70 heavy (non-hydrogen) atoms. The Labute approximate surface area is 432 Å². The van der Waals surface area contributed by atoms with Gasteiger partial charge >= 0.3 is 151 Å². The molecule has 1 aliphatic rings. The molecule has 8 nitrogen and oxygen atoms in total. The van der Waals surface area contributed by atoms with Crippen LogP contribution in [0.25, 0.3) is 0 Å². The fourth-order valence-corrected chi connectivity index (χ4v) is 8.41. The number of halogens is 6. The molecule has 3 aromatic rings. The zero-order valence-electron chi connectivity index (χ0n) is 44.1. The molecular weight excluding hydrogens is 1030 g/mol. The molecule has 1 amide bonds. The summed E-state index contributed by atoms with van der Waals surface area (Å²) in [5.74, 6) is 3.04. The molecule has 0 radical (unpaired) electrons. The van der Waals surface area contributed by atoms with Gasteiger partial charge in [-0.25, -0.2) is 0 Å². The molecule has 4 rings (SSSR count). The van der Waals surface area contributed by atoms with Crippen molar-refractivity contribution in [3.63, 3.8) is 0 Å². The number of para-hydroxylation sites is 2. The molecule has 0 saturated carbocycles. The summed E-state index contributed by atoms with van der Waals surface area (Å²) < 4.78 is 64.4. The summed E-state index contributed by atoms with van der Waals surface area (Å²) >= 11 is -2.00. The number of ether oxygens (including phenoxy) is 4. The van der Waals surface area contributed by atoms with Gasteiger partial charge in [-0.05, 0) is 65.3 Å². The molecule has 1 fully saturated rings. The van der Waals surface area contributed by atoms with Crippen LogP contribution in [0.4, 0.5) is 39.4 Å². The summed E-state index contributed by atoms with van der Waals surface area (Å²) in [5.41, 5.74) is 10.1. The molecule has 1 N–H and O–H groups in total. The van der Waals surface area contributed by atoms with E-state index >= 15 is 0 Å². The van der Waals surface area contributed by atoms with Gasteiger partial charge in [-0.15, -0.1) is 0 Å². The predicted molar refractivity (Wildman–Crippen MR) is 286 cm³/mol. The Bertz CT molecular complexity index is 1920. The maximum absolute atomic E-state index is 11.7. The van der Waals surface area contributed by atoms with Crippen molar-refractivity contribution in [1.29, 1.82) is 0 Å². The van der Waals surface area contributed by atoms with Gasteiger partial charge in [-0.1, -0.05) is 119 Å². The molecule has 1 saturated heterocycles. The smallest absolute Gasteiger partial charge is 0.304 e. The Morgan fingerprint density at radius 1 is 0.757 bits per heavy atom. The van der Waals surface area contributed by atoms with Crippen molar-refractivity contribution in [2.75, 3.05) is 48.0 Å². The van der Waals surface area contributed by atoms with Gasteiger partial charge in [-0.2, -0.15) is 24.2 Å². The van der Waals surface area contributed by atoms with Crippen LogP contribution in [-0.4, -0.2) is 49.7 Å². The zero-order valence-corrected chi connectivity index (χ0v) is 47.3. The normalized spacial score (nSPS) is 11.9. The molecule has 0 spiro atoms. The molecule has 0 aliphatic carbocycles. The molecule has 15 heteroatoms. The van der Waals surface area contributed by atoms with Crippen LogP contribution in [-0.2, 0) is 27.7 Å². The SMILES string of the molecule is C=C(F)F.C=COCCC.CC(C)COC(=O)Nc1ccc(OC(C)C)c([CH]=[Ru]([Cl])[Cl])c1.CC(C)c1cccc(C(C)C)c1N1[CH-]N(c2c(C(C)C)cccc2C(C)C)CC1.CCCCOC=C(F)F. The number of nitrogens with one attached hydrogen (secondary N) is 1. The van der Waals surface area contributed by atoms with E-state index in [1.807, 2.05) is 34.6 Å². The second-order valence-corrected chi connectivity index (χ2v) is 23.8. The van der Waals surface area contributed by atoms with E-state index in [9.17, 15) is 22.4 Å². The second-order valence-electron chi connectivity index (χ2n) is 18.0. The van der Waals surface area contributed by atoms with Crippen molar-refractivity contribution in [2.45, 2.75) is 146 Å². The van der Waals surface area contributed by atoms with E-state index in [1.54, 1.807) is 22.8 Å². The Morgan fingerprint density at radius 2 is 1.23 bits per heavy atom. The van der Waals surface area contributed by atoms with E-state index in [1.165, 1.54) is 39.9 Å². The van der Waals surface area contributed by atoms with Crippen LogP contribution in [0.3, 0.4) is 0 Å². The minimum atomic E-state index is -2.00. The van der Waals surface area contributed by atoms with Crippen molar-refractivity contribution in [3.8, 4) is 5.75 Å². The predicted octanol–water partition coefficient (Wildman–Crippen LogP) is 17.9. The van der Waals surface area contributed by atoms with Gasteiger partial charge in [0.25, 0.3) is 6.08 Å². The summed E-state index contributed by atoms with van der Waals surface area (Å²) in [7, 11) is 11.9. The molecule has 398 valence electrons. The van der Waals surface area contributed by atoms with Gasteiger partial charge in [0.15, 0.2) is 0 Å². The van der Waals surface area contributed by atoms with Crippen molar-refractivity contribution in [2.24, 2.45) is 5.92 Å². The van der Waals surface area contributed by atoms with Crippen LogP contribution in [0.2, 0.25) is 0 Å². The second kappa shape index (κ2) is 36.8. The molecule has 0 aromatic heterocycles. The molecule has 0 atom stereocenters. The van der Waals surface area contributed by atoms with Gasteiger partial charge in [0.2, 0.25) is 0 Å². The van der Waals surface area contributed by atoms with E-state index < -0.39 is 31.8 Å². The number of amides is 1. The van der Waals surface area contributed by atoms with Gasteiger partial charge in [-0.3, -0.25) is 0 Å². The first kappa shape index (κ1) is 65.9. The van der Waals surface area contributed by atoms with Crippen LogP contribution >= 0.6 is 19.4 Å². The minimum Gasteiger partial charge on any atom is -0.502 e. The minimum absolute atomic E-state index is 0.0354. The molecular formula is C55H82Cl2F4N3O5Ru-. The van der Waals surface area contributed by atoms with Crippen LogP contribution < -0.4 is 19.9 Å². The first-order chi connectivity index (χ1) is 32.9. The fraction of sp³-hybridized carbons (Fsp3) is 0.509. The maximum atomic E-state index is 11.7. The number of nitrogens with zero attached hydrogens (tertiary/aromatic N) is 2. The number of carbonyl (C=O) groups excluding carboxylic acids is 1. The van der Waals surface area contributed by atoms with Gasteiger partial charge in [0.1, 0.15) is 6.26 Å². The number of hydrogen-bond acceptors (Lipinski definition) is 7. The quantitative estimate of drug-likeness (QED) is 0.0421. The van der Waals surface area contributed by atoms with E-state index in [2.05, 4.69) is 138 Å². The summed E-state index contributed by atoms with van der Waals surface area (Å²) in [6.45, 7) is 41.9. The van der Waals surface area contributed by atoms with Crippen molar-refractivity contribution < 1.29 is 54.8 Å². The van der Waals surface area contributed by atoms with Crippen molar-refractivity contribution >= 4 is 47.1 Å². The Balaban J connectivity index is 0.00000101. The van der Waals surface area contributed by atoms with Gasteiger partial charge in [0, 0.05) is 24.5 Å². The van der Waals surface area contributed by atoms with E-state index in [0.29, 0.717) is 54.6 Å². The summed E-state index contributed by atoms with van der Waals surface area (Å²) in [4.78, 5) is 16.7. The average Bonchev–Trinajstić information content (AvgIpc) is 3.76. The zero-order chi connectivity index (χ0) is 53.5. The molecule has 1 aliphatic heterocycles. The molecule has 1 heterocycles. The van der Waals surface area contributed by atoms with E-state index in [-0.39, 0.29) is 12.0 Å². The summed E-state index contributed by atoms with van der Waals surface area (Å²) in [6.07, 6.45) is 0.735. The van der Waals surface area contributed by atoms with Crippen molar-refractivity contribution in [1.82, 2.24) is 0 Å². The summed E-state index contributed by atoms with van der Waals surface area (Å²) in [5, 5.41) is 2.68. The Morgan fingerprint density at radius 3 is 1.57 bits per heavy atom. The van der Waals surface area contributed by atoms with E-state index in [4.69, 9.17) is 33.6 Å². The standard InChI is InChI=1S/C27H39N2.C15H21NO3.C6H10F2O.C5H10O.C2H2F2.2ClH.Ru/c1-18(2)22-11-9-12-23(19(3)4)26(22)28-15-16-29(17-28)27-24(20(5)6)13-10-14-25(27)21(7)8;1-10(2)9-18-15(17)16-13-6-7-14(12(5)8-13)19-11(3)4;1-2-3-4-9-5-6(7)8;1-3-5-6-4-2;1-2(3)4;;;/h9-14,17-21H,15-16H2,1-8H3;5-8,10-11H,9H2,1-4H3,(H,16,17);5H,2-4H2,1H3;4H,2-3,5H2,1H3;1H2;2*1H;/q-1;;;;;;;+2/p-2. The summed E-state index contributed by atoms with van der Waals surface area (Å²) in [6, 6.07) is 19.0. The number of hydrogen-bond donors (Lipinski definition) is 1. The largest absolute Gasteiger partial charge is 0.502 e. The number of rotatable bonds is 19.